The zero-order chi connectivity index (χ0) is 8.55. The van der Waals surface area contributed by atoms with E-state index in [0.29, 0.717) is 0 Å². The number of aryl methyl sites for hydroxylation is 1. The van der Waals surface area contributed by atoms with Crippen molar-refractivity contribution in [2.75, 3.05) is 0 Å². The Balaban J connectivity index is 2.89. The van der Waals surface area contributed by atoms with E-state index in [4.69, 9.17) is 0 Å². The third kappa shape index (κ3) is 1.22. The molecule has 0 bridgehead atoms. The van der Waals surface area contributed by atoms with Crippen LogP contribution in [0.5, 0.6) is 0 Å². The molecule has 2 rings (SSSR count). The van der Waals surface area contributed by atoms with E-state index in [2.05, 4.69) is 26.3 Å². The highest BCUT2D eigenvalue weighted by Crippen LogP contribution is 2.11. The van der Waals surface area contributed by atoms with E-state index in [-0.39, 0.29) is 0 Å². The Morgan fingerprint density at radius 1 is 1.17 bits per heavy atom. The molecule has 0 N–H and O–H groups in total. The smallest absolute Gasteiger partial charge is 0.244 e. The lowest BCUT2D eigenvalue weighted by Crippen LogP contribution is -2.14. The van der Waals surface area contributed by atoms with Gasteiger partial charge in [0.05, 0.1) is 5.52 Å². The minimum atomic E-state index is 0.756. The maximum atomic E-state index is 4.29. The molecule has 0 fully saturated rings. The molecule has 2 nitrogen and oxygen atoms in total. The SMILES string of the molecule is Cc1n[c]([Al])nc2ccccc12. The van der Waals surface area contributed by atoms with E-state index >= 15 is 0 Å². The Labute approximate surface area is 79.1 Å². The number of nitrogens with zero attached hydrogens (tertiary/aromatic N) is 2. The maximum Gasteiger partial charge on any atom is 0.244 e. The molecule has 0 aliphatic carbocycles. The van der Waals surface area contributed by atoms with Crippen LogP contribution >= 0.6 is 0 Å². The molecule has 0 atom stereocenters. The molecule has 1 aromatic carbocycles. The van der Waals surface area contributed by atoms with Gasteiger partial charge in [-0.3, -0.25) is 9.97 Å². The molecule has 1 heterocycles. The van der Waals surface area contributed by atoms with Crippen molar-refractivity contribution >= 4 is 31.9 Å². The molecule has 56 valence electrons. The van der Waals surface area contributed by atoms with E-state index in [1.807, 2.05) is 31.2 Å². The lowest BCUT2D eigenvalue weighted by Gasteiger charge is -2.01. The molecule has 0 amide bonds. The van der Waals surface area contributed by atoms with Crippen molar-refractivity contribution in [3.63, 3.8) is 0 Å². The molecular weight excluding hydrogens is 163 g/mol. The summed E-state index contributed by atoms with van der Waals surface area (Å²) in [7, 11) is 0. The number of fused-ring (bicyclic) bond motifs is 1. The van der Waals surface area contributed by atoms with Crippen LogP contribution in [0.25, 0.3) is 10.9 Å². The second-order valence-corrected chi connectivity index (χ2v) is 3.20. The fraction of sp³-hybridized carbons (Fsp3) is 0.111. The van der Waals surface area contributed by atoms with Crippen molar-refractivity contribution in [2.24, 2.45) is 0 Å². The lowest BCUT2D eigenvalue weighted by atomic mass is 10.2. The average Bonchev–Trinajstić information content (AvgIpc) is 2.04. The average molecular weight is 170 g/mol. The summed E-state index contributed by atoms with van der Waals surface area (Å²) >= 11 is 2.51. The summed E-state index contributed by atoms with van der Waals surface area (Å²) in [5.74, 6) is 0. The Bertz CT molecular complexity index is 426. The van der Waals surface area contributed by atoms with Crippen LogP contribution in [0, 0.1) is 6.92 Å². The fourth-order valence-electron chi connectivity index (χ4n) is 1.26. The van der Waals surface area contributed by atoms with Gasteiger partial charge in [0.2, 0.25) is 16.3 Å². The normalized spacial score (nSPS) is 10.4. The zero-order valence-electron chi connectivity index (χ0n) is 6.78. The van der Waals surface area contributed by atoms with E-state index in [1.165, 1.54) is 0 Å². The first-order valence-corrected chi connectivity index (χ1v) is 4.34. The van der Waals surface area contributed by atoms with Gasteiger partial charge in [-0.05, 0) is 13.0 Å². The summed E-state index contributed by atoms with van der Waals surface area (Å²) in [6, 6.07) is 8.02. The highest BCUT2D eigenvalue weighted by molar-refractivity contribution is 6.29. The Morgan fingerprint density at radius 2 is 1.92 bits per heavy atom. The molecule has 0 saturated heterocycles. The van der Waals surface area contributed by atoms with Gasteiger partial charge in [-0.1, -0.05) is 18.2 Å². The monoisotopic (exact) mass is 170 g/mol. The summed E-state index contributed by atoms with van der Waals surface area (Å²) in [6.07, 6.45) is 0. The largest absolute Gasteiger partial charge is 0.260 e. The van der Waals surface area contributed by atoms with Crippen molar-refractivity contribution < 1.29 is 0 Å². The zero-order valence-corrected chi connectivity index (χ0v) is 7.94. The van der Waals surface area contributed by atoms with Gasteiger partial charge in [-0.2, -0.15) is 0 Å². The molecule has 1 aromatic heterocycles. The summed E-state index contributed by atoms with van der Waals surface area (Å²) in [5, 5.41) is 1.13. The standard InChI is InChI=1S/C9H7N2.Al/c1-7-8-4-2-3-5-9(8)11-6-10-7;/h2-5H,1H3;. The van der Waals surface area contributed by atoms with E-state index < -0.39 is 0 Å². The van der Waals surface area contributed by atoms with Gasteiger partial charge in [-0.15, -0.1) is 0 Å². The topological polar surface area (TPSA) is 25.8 Å². The van der Waals surface area contributed by atoms with Crippen LogP contribution in [-0.4, -0.2) is 26.3 Å². The minimum Gasteiger partial charge on any atom is -0.260 e. The van der Waals surface area contributed by atoms with E-state index in [9.17, 15) is 0 Å². The van der Waals surface area contributed by atoms with Crippen molar-refractivity contribution in [2.45, 2.75) is 6.92 Å². The summed E-state index contributed by atoms with van der Waals surface area (Å²) in [5.41, 5.74) is 2.04. The predicted molar refractivity (Wildman–Crippen MR) is 49.7 cm³/mol. The molecule has 0 unspecified atom stereocenters. The number of rotatable bonds is 0. The molecule has 0 aliphatic heterocycles. The van der Waals surface area contributed by atoms with Gasteiger partial charge in [-0.25, -0.2) is 0 Å². The molecule has 0 aliphatic rings. The van der Waals surface area contributed by atoms with Crippen LogP contribution in [0.4, 0.5) is 0 Å². The molecule has 2 radical (unpaired) electrons. The summed E-state index contributed by atoms with van der Waals surface area (Å²) in [6.45, 7) is 2.00. The number of para-hydroxylation sites is 1. The second-order valence-electron chi connectivity index (χ2n) is 2.68. The molecule has 2 aromatic rings. The van der Waals surface area contributed by atoms with Crippen LogP contribution in [-0.2, 0) is 0 Å². The summed E-state index contributed by atoms with van der Waals surface area (Å²) in [4.78, 5) is 8.54. The van der Waals surface area contributed by atoms with Crippen molar-refractivity contribution in [1.82, 2.24) is 9.97 Å². The first-order valence-electron chi connectivity index (χ1n) is 3.76. The van der Waals surface area contributed by atoms with Crippen LogP contribution in [0.15, 0.2) is 24.3 Å². The first-order chi connectivity index (χ1) is 5.77. The van der Waals surface area contributed by atoms with Crippen molar-refractivity contribution in [1.29, 1.82) is 0 Å². The maximum absolute atomic E-state index is 4.29. The quantitative estimate of drug-likeness (QED) is 0.545. The minimum absolute atomic E-state index is 0.756. The third-order valence-electron chi connectivity index (χ3n) is 1.81. The van der Waals surface area contributed by atoms with Gasteiger partial charge in [0.15, 0.2) is 0 Å². The molecule has 0 spiro atoms. The van der Waals surface area contributed by atoms with Gasteiger partial charge in [0, 0.05) is 15.8 Å². The Hall–Kier alpha value is -0.908. The highest BCUT2D eigenvalue weighted by atomic mass is 27.0. The van der Waals surface area contributed by atoms with Crippen molar-refractivity contribution in [3.8, 4) is 0 Å². The molecule has 3 heteroatoms. The number of hydrogen-bond acceptors (Lipinski definition) is 2. The number of benzene rings is 1. The number of aromatic nitrogens is 2. The molecular formula is C9H7AlN2. The lowest BCUT2D eigenvalue weighted by molar-refractivity contribution is 1.21. The number of hydrogen-bond donors (Lipinski definition) is 0. The first kappa shape index (κ1) is 7.73. The van der Waals surface area contributed by atoms with E-state index in [1.54, 1.807) is 0 Å². The molecule has 12 heavy (non-hydrogen) atoms. The van der Waals surface area contributed by atoms with Crippen LogP contribution in [0.2, 0.25) is 0 Å². The van der Waals surface area contributed by atoms with Gasteiger partial charge in [0.1, 0.15) is 0 Å². The van der Waals surface area contributed by atoms with Crippen molar-refractivity contribution in [3.05, 3.63) is 30.0 Å². The van der Waals surface area contributed by atoms with Crippen LogP contribution in [0.3, 0.4) is 0 Å². The van der Waals surface area contributed by atoms with Gasteiger partial charge >= 0.3 is 0 Å². The van der Waals surface area contributed by atoms with E-state index in [0.717, 1.165) is 21.3 Å². The fourth-order valence-corrected chi connectivity index (χ4v) is 1.59. The van der Waals surface area contributed by atoms with Crippen LogP contribution < -0.4 is 4.69 Å². The predicted octanol–water partition coefficient (Wildman–Crippen LogP) is 0.732. The van der Waals surface area contributed by atoms with Gasteiger partial charge < -0.3 is 0 Å². The molecule has 0 saturated carbocycles. The van der Waals surface area contributed by atoms with Gasteiger partial charge in [0.25, 0.3) is 0 Å². The van der Waals surface area contributed by atoms with Crippen LogP contribution in [0.1, 0.15) is 5.69 Å². The third-order valence-corrected chi connectivity index (χ3v) is 2.07. The Morgan fingerprint density at radius 3 is 2.75 bits per heavy atom. The summed E-state index contributed by atoms with van der Waals surface area (Å²) < 4.78 is 0.756. The second kappa shape index (κ2) is 2.86. The highest BCUT2D eigenvalue weighted by Gasteiger charge is 1.97. The Kier molecular flexibility index (Phi) is 1.84.